The zero-order chi connectivity index (χ0) is 16.2. The van der Waals surface area contributed by atoms with E-state index >= 15 is 0 Å². The standard InChI is InChI=1S/C19H21FN2O.ClH/c1-2-14-3-5-15(6-4-14)18-13-21-11-12-22(18)19(23)16-7-9-17(20)10-8-16;/h3-10,18,21H,2,11-13H2,1H3;1H. The molecule has 5 heteroatoms. The van der Waals surface area contributed by atoms with Gasteiger partial charge in [0.25, 0.3) is 5.91 Å². The topological polar surface area (TPSA) is 32.3 Å². The summed E-state index contributed by atoms with van der Waals surface area (Å²) in [6.45, 7) is 4.28. The average Bonchev–Trinajstić information content (AvgIpc) is 2.62. The highest BCUT2D eigenvalue weighted by Gasteiger charge is 2.28. The van der Waals surface area contributed by atoms with Crippen molar-refractivity contribution in [3.8, 4) is 0 Å². The largest absolute Gasteiger partial charge is 0.329 e. The number of rotatable bonds is 3. The molecule has 2 aromatic rings. The second-order valence-corrected chi connectivity index (χ2v) is 5.82. The van der Waals surface area contributed by atoms with Crippen LogP contribution in [-0.2, 0) is 6.42 Å². The molecule has 0 aliphatic carbocycles. The zero-order valence-electron chi connectivity index (χ0n) is 13.7. The predicted octanol–water partition coefficient (Wildman–Crippen LogP) is 3.60. The highest BCUT2D eigenvalue weighted by molar-refractivity contribution is 5.94. The van der Waals surface area contributed by atoms with Crippen molar-refractivity contribution in [3.05, 3.63) is 71.0 Å². The number of hydrogen-bond donors (Lipinski definition) is 1. The van der Waals surface area contributed by atoms with Crippen LogP contribution in [-0.4, -0.2) is 30.4 Å². The fraction of sp³-hybridized carbons (Fsp3) is 0.316. The van der Waals surface area contributed by atoms with E-state index < -0.39 is 0 Å². The van der Waals surface area contributed by atoms with E-state index in [0.29, 0.717) is 12.1 Å². The molecule has 1 N–H and O–H groups in total. The van der Waals surface area contributed by atoms with Crippen molar-refractivity contribution in [2.75, 3.05) is 19.6 Å². The van der Waals surface area contributed by atoms with Crippen molar-refractivity contribution in [3.63, 3.8) is 0 Å². The summed E-state index contributed by atoms with van der Waals surface area (Å²) in [6.07, 6.45) is 1.00. The van der Waals surface area contributed by atoms with Crippen LogP contribution in [0.5, 0.6) is 0 Å². The number of nitrogens with zero attached hydrogens (tertiary/aromatic N) is 1. The van der Waals surface area contributed by atoms with Crippen molar-refractivity contribution < 1.29 is 9.18 Å². The Morgan fingerprint density at radius 1 is 1.17 bits per heavy atom. The van der Waals surface area contributed by atoms with Gasteiger partial charge in [-0.2, -0.15) is 0 Å². The molecule has 1 unspecified atom stereocenters. The van der Waals surface area contributed by atoms with Crippen LogP contribution in [0, 0.1) is 5.82 Å². The highest BCUT2D eigenvalue weighted by atomic mass is 35.5. The van der Waals surface area contributed by atoms with Gasteiger partial charge in [-0.3, -0.25) is 4.79 Å². The summed E-state index contributed by atoms with van der Waals surface area (Å²) >= 11 is 0. The molecule has 1 amide bonds. The first-order chi connectivity index (χ1) is 11.2. The number of carbonyl (C=O) groups is 1. The molecule has 1 saturated heterocycles. The van der Waals surface area contributed by atoms with E-state index in [1.807, 2.05) is 4.90 Å². The second kappa shape index (κ2) is 8.27. The van der Waals surface area contributed by atoms with Crippen molar-refractivity contribution in [2.24, 2.45) is 0 Å². The van der Waals surface area contributed by atoms with Gasteiger partial charge in [0.15, 0.2) is 0 Å². The molecule has 1 atom stereocenters. The van der Waals surface area contributed by atoms with Crippen LogP contribution in [0.3, 0.4) is 0 Å². The highest BCUT2D eigenvalue weighted by Crippen LogP contribution is 2.24. The van der Waals surface area contributed by atoms with Gasteiger partial charge < -0.3 is 10.2 Å². The lowest BCUT2D eigenvalue weighted by atomic mass is 10.00. The summed E-state index contributed by atoms with van der Waals surface area (Å²) in [4.78, 5) is 14.7. The summed E-state index contributed by atoms with van der Waals surface area (Å²) < 4.78 is 13.1. The van der Waals surface area contributed by atoms with Gasteiger partial charge in [0.2, 0.25) is 0 Å². The zero-order valence-corrected chi connectivity index (χ0v) is 14.5. The molecule has 0 spiro atoms. The Bertz CT molecular complexity index is 673. The average molecular weight is 349 g/mol. The van der Waals surface area contributed by atoms with Gasteiger partial charge in [-0.1, -0.05) is 31.2 Å². The quantitative estimate of drug-likeness (QED) is 0.919. The fourth-order valence-corrected chi connectivity index (χ4v) is 2.98. The number of benzene rings is 2. The first-order valence-corrected chi connectivity index (χ1v) is 8.05. The maximum atomic E-state index is 13.1. The lowest BCUT2D eigenvalue weighted by molar-refractivity contribution is 0.0634. The van der Waals surface area contributed by atoms with Crippen LogP contribution in [0.1, 0.15) is 34.5 Å². The maximum absolute atomic E-state index is 13.1. The van der Waals surface area contributed by atoms with Gasteiger partial charge in [0, 0.05) is 25.2 Å². The maximum Gasteiger partial charge on any atom is 0.254 e. The number of amides is 1. The van der Waals surface area contributed by atoms with Gasteiger partial charge in [0.1, 0.15) is 5.82 Å². The van der Waals surface area contributed by atoms with Crippen LogP contribution in [0.15, 0.2) is 48.5 Å². The molecule has 24 heavy (non-hydrogen) atoms. The first-order valence-electron chi connectivity index (χ1n) is 8.05. The Hall–Kier alpha value is -1.91. The van der Waals surface area contributed by atoms with E-state index in [1.54, 1.807) is 12.1 Å². The smallest absolute Gasteiger partial charge is 0.254 e. The molecule has 2 aromatic carbocycles. The molecule has 1 aliphatic heterocycles. The molecular formula is C19H22ClFN2O. The molecule has 128 valence electrons. The normalized spacial score (nSPS) is 17.2. The molecule has 0 saturated carbocycles. The van der Waals surface area contributed by atoms with Crippen LogP contribution < -0.4 is 5.32 Å². The SMILES string of the molecule is CCc1ccc(C2CNCCN2C(=O)c2ccc(F)cc2)cc1.Cl. The molecule has 0 aromatic heterocycles. The van der Waals surface area contributed by atoms with E-state index in [0.717, 1.165) is 25.1 Å². The predicted molar refractivity (Wildman–Crippen MR) is 96.1 cm³/mol. The Balaban J connectivity index is 0.00000208. The van der Waals surface area contributed by atoms with Crippen LogP contribution in [0.2, 0.25) is 0 Å². The van der Waals surface area contributed by atoms with E-state index in [4.69, 9.17) is 0 Å². The fourth-order valence-electron chi connectivity index (χ4n) is 2.98. The van der Waals surface area contributed by atoms with Gasteiger partial charge in [-0.15, -0.1) is 12.4 Å². The summed E-state index contributed by atoms with van der Waals surface area (Å²) in [6, 6.07) is 14.2. The second-order valence-electron chi connectivity index (χ2n) is 5.82. The summed E-state index contributed by atoms with van der Waals surface area (Å²) in [7, 11) is 0. The monoisotopic (exact) mass is 348 g/mol. The lowest BCUT2D eigenvalue weighted by Gasteiger charge is -2.36. The molecular weight excluding hydrogens is 327 g/mol. The van der Waals surface area contributed by atoms with Crippen LogP contribution >= 0.6 is 12.4 Å². The third-order valence-corrected chi connectivity index (χ3v) is 4.37. The summed E-state index contributed by atoms with van der Waals surface area (Å²) in [5.74, 6) is -0.371. The Morgan fingerprint density at radius 2 is 1.83 bits per heavy atom. The van der Waals surface area contributed by atoms with Gasteiger partial charge in [-0.25, -0.2) is 4.39 Å². The minimum absolute atomic E-state index is 0. The van der Waals surface area contributed by atoms with Crippen LogP contribution in [0.25, 0.3) is 0 Å². The molecule has 1 heterocycles. The molecule has 0 bridgehead atoms. The molecule has 1 fully saturated rings. The molecule has 1 aliphatic rings. The molecule has 3 rings (SSSR count). The van der Waals surface area contributed by atoms with Gasteiger partial charge >= 0.3 is 0 Å². The van der Waals surface area contributed by atoms with Gasteiger partial charge in [-0.05, 0) is 41.8 Å². The minimum atomic E-state index is -0.325. The lowest BCUT2D eigenvalue weighted by Crippen LogP contribution is -2.48. The van der Waals surface area contributed by atoms with E-state index in [2.05, 4.69) is 36.5 Å². The van der Waals surface area contributed by atoms with Crippen molar-refractivity contribution in [2.45, 2.75) is 19.4 Å². The van der Waals surface area contributed by atoms with E-state index in [9.17, 15) is 9.18 Å². The van der Waals surface area contributed by atoms with E-state index in [1.165, 1.54) is 17.7 Å². The summed E-state index contributed by atoms with van der Waals surface area (Å²) in [5, 5.41) is 3.35. The Kier molecular flexibility index (Phi) is 6.35. The van der Waals surface area contributed by atoms with Crippen molar-refractivity contribution in [1.29, 1.82) is 0 Å². The van der Waals surface area contributed by atoms with E-state index in [-0.39, 0.29) is 30.2 Å². The minimum Gasteiger partial charge on any atom is -0.329 e. The third kappa shape index (κ3) is 3.94. The number of carbonyl (C=O) groups excluding carboxylic acids is 1. The van der Waals surface area contributed by atoms with Crippen LogP contribution in [0.4, 0.5) is 4.39 Å². The Morgan fingerprint density at radius 3 is 2.46 bits per heavy atom. The number of hydrogen-bond acceptors (Lipinski definition) is 2. The Labute approximate surface area is 148 Å². The molecule has 0 radical (unpaired) electrons. The van der Waals surface area contributed by atoms with Crippen molar-refractivity contribution >= 4 is 18.3 Å². The van der Waals surface area contributed by atoms with Gasteiger partial charge in [0.05, 0.1) is 6.04 Å². The summed E-state index contributed by atoms with van der Waals surface area (Å²) in [5.41, 5.74) is 2.95. The number of aryl methyl sites for hydroxylation is 1. The number of piperazine rings is 1. The number of nitrogens with one attached hydrogen (secondary N) is 1. The third-order valence-electron chi connectivity index (χ3n) is 4.37. The number of halogens is 2. The van der Waals surface area contributed by atoms with Crippen molar-refractivity contribution in [1.82, 2.24) is 10.2 Å². The molecule has 3 nitrogen and oxygen atoms in total. The first kappa shape index (κ1) is 18.4.